The molecule has 0 aromatic heterocycles. The maximum atomic E-state index is 11.6. The van der Waals surface area contributed by atoms with Crippen LogP contribution in [0.3, 0.4) is 0 Å². The Morgan fingerprint density at radius 2 is 1.81 bits per heavy atom. The molecule has 0 heterocycles. The summed E-state index contributed by atoms with van der Waals surface area (Å²) in [6, 6.07) is 0. The molecule has 0 radical (unpaired) electrons. The van der Waals surface area contributed by atoms with E-state index in [0.29, 0.717) is 13.0 Å². The molecular weight excluding hydrogens is 204 g/mol. The Kier molecular flexibility index (Phi) is 7.60. The summed E-state index contributed by atoms with van der Waals surface area (Å²) in [5, 5.41) is 5.48. The summed E-state index contributed by atoms with van der Waals surface area (Å²) in [4.78, 5) is 23.1. The first-order valence-corrected chi connectivity index (χ1v) is 6.06. The van der Waals surface area contributed by atoms with Gasteiger partial charge in [-0.2, -0.15) is 0 Å². The highest BCUT2D eigenvalue weighted by Crippen LogP contribution is 2.15. The van der Waals surface area contributed by atoms with Crippen LogP contribution in [0.4, 0.5) is 0 Å². The Balaban J connectivity index is 4.13. The van der Waals surface area contributed by atoms with Crippen molar-refractivity contribution in [2.45, 2.75) is 40.0 Å². The molecule has 2 atom stereocenters. The molecule has 0 fully saturated rings. The lowest BCUT2D eigenvalue weighted by Gasteiger charge is -2.17. The van der Waals surface area contributed by atoms with Crippen LogP contribution in [0.5, 0.6) is 0 Å². The molecule has 0 saturated carbocycles. The standard InChI is InChI=1S/C12H24N2O2/c1-5-7-14-11(15)9(3)8-10(6-2)12(16)13-4/h9-10H,5-8H2,1-4H3,(H,13,16)(H,14,15). The van der Waals surface area contributed by atoms with E-state index in [1.807, 2.05) is 20.8 Å². The molecule has 0 aromatic rings. The van der Waals surface area contributed by atoms with Gasteiger partial charge in [-0.3, -0.25) is 9.59 Å². The summed E-state index contributed by atoms with van der Waals surface area (Å²) in [6.45, 7) is 6.57. The van der Waals surface area contributed by atoms with Crippen molar-refractivity contribution in [1.82, 2.24) is 10.6 Å². The molecule has 0 aliphatic heterocycles. The van der Waals surface area contributed by atoms with Crippen LogP contribution in [0.2, 0.25) is 0 Å². The van der Waals surface area contributed by atoms with Gasteiger partial charge in [-0.15, -0.1) is 0 Å². The van der Waals surface area contributed by atoms with Crippen LogP contribution in [0.1, 0.15) is 40.0 Å². The van der Waals surface area contributed by atoms with Crippen LogP contribution >= 0.6 is 0 Å². The molecule has 2 unspecified atom stereocenters. The van der Waals surface area contributed by atoms with E-state index in [1.165, 1.54) is 0 Å². The largest absolute Gasteiger partial charge is 0.359 e. The lowest BCUT2D eigenvalue weighted by Crippen LogP contribution is -2.34. The van der Waals surface area contributed by atoms with E-state index in [9.17, 15) is 9.59 Å². The van der Waals surface area contributed by atoms with Gasteiger partial charge in [-0.05, 0) is 19.3 Å². The molecule has 4 nitrogen and oxygen atoms in total. The monoisotopic (exact) mass is 228 g/mol. The molecule has 4 heteroatoms. The number of carbonyl (C=O) groups is 2. The average Bonchev–Trinajstić information content (AvgIpc) is 2.31. The lowest BCUT2D eigenvalue weighted by molar-refractivity contribution is -0.127. The third-order valence-corrected chi connectivity index (χ3v) is 2.74. The first-order chi connectivity index (χ1) is 7.56. The zero-order valence-corrected chi connectivity index (χ0v) is 10.8. The van der Waals surface area contributed by atoms with Crippen molar-refractivity contribution in [3.63, 3.8) is 0 Å². The fourth-order valence-electron chi connectivity index (χ4n) is 1.62. The summed E-state index contributed by atoms with van der Waals surface area (Å²) < 4.78 is 0. The number of nitrogens with one attached hydrogen (secondary N) is 2. The Hall–Kier alpha value is -1.06. The molecule has 0 aliphatic carbocycles. The molecule has 0 bridgehead atoms. The summed E-state index contributed by atoms with van der Waals surface area (Å²) in [5.41, 5.74) is 0. The Morgan fingerprint density at radius 3 is 2.25 bits per heavy atom. The van der Waals surface area contributed by atoms with Gasteiger partial charge < -0.3 is 10.6 Å². The molecule has 2 N–H and O–H groups in total. The first kappa shape index (κ1) is 14.9. The van der Waals surface area contributed by atoms with Crippen molar-refractivity contribution in [3.05, 3.63) is 0 Å². The van der Waals surface area contributed by atoms with E-state index >= 15 is 0 Å². The number of carbonyl (C=O) groups excluding carboxylic acids is 2. The highest BCUT2D eigenvalue weighted by molar-refractivity contribution is 5.81. The third kappa shape index (κ3) is 5.14. The van der Waals surface area contributed by atoms with E-state index in [1.54, 1.807) is 7.05 Å². The predicted octanol–water partition coefficient (Wildman–Crippen LogP) is 1.31. The summed E-state index contributed by atoms with van der Waals surface area (Å²) in [6.07, 6.45) is 2.32. The molecule has 94 valence electrons. The minimum atomic E-state index is -0.103. The Bertz CT molecular complexity index is 229. The minimum absolute atomic E-state index is 0.0256. The van der Waals surface area contributed by atoms with E-state index < -0.39 is 0 Å². The van der Waals surface area contributed by atoms with Crippen LogP contribution < -0.4 is 10.6 Å². The minimum Gasteiger partial charge on any atom is -0.359 e. The highest BCUT2D eigenvalue weighted by atomic mass is 16.2. The molecular formula is C12H24N2O2. The van der Waals surface area contributed by atoms with E-state index in [-0.39, 0.29) is 23.7 Å². The van der Waals surface area contributed by atoms with Crippen LogP contribution in [-0.2, 0) is 9.59 Å². The lowest BCUT2D eigenvalue weighted by atomic mass is 9.92. The van der Waals surface area contributed by atoms with Gasteiger partial charge in [-0.1, -0.05) is 20.8 Å². The number of amides is 2. The number of hydrogen-bond donors (Lipinski definition) is 2. The quantitative estimate of drug-likeness (QED) is 0.690. The van der Waals surface area contributed by atoms with E-state index in [0.717, 1.165) is 12.8 Å². The summed E-state index contributed by atoms with van der Waals surface area (Å²) in [5.74, 6) is -0.0944. The van der Waals surface area contributed by atoms with Crippen LogP contribution in [0, 0.1) is 11.8 Å². The second-order valence-electron chi connectivity index (χ2n) is 4.15. The molecule has 0 spiro atoms. The molecule has 0 rings (SSSR count). The van der Waals surface area contributed by atoms with Crippen molar-refractivity contribution in [1.29, 1.82) is 0 Å². The van der Waals surface area contributed by atoms with Crippen LogP contribution in [0.15, 0.2) is 0 Å². The van der Waals surface area contributed by atoms with E-state index in [2.05, 4.69) is 10.6 Å². The van der Waals surface area contributed by atoms with Gasteiger partial charge in [0.2, 0.25) is 11.8 Å². The van der Waals surface area contributed by atoms with Crippen molar-refractivity contribution in [2.75, 3.05) is 13.6 Å². The van der Waals surface area contributed by atoms with Gasteiger partial charge in [0.05, 0.1) is 0 Å². The number of rotatable bonds is 7. The van der Waals surface area contributed by atoms with Crippen molar-refractivity contribution in [3.8, 4) is 0 Å². The Labute approximate surface area is 98.2 Å². The molecule has 0 aliphatic rings. The van der Waals surface area contributed by atoms with Gasteiger partial charge in [-0.25, -0.2) is 0 Å². The van der Waals surface area contributed by atoms with Gasteiger partial charge in [0, 0.05) is 25.4 Å². The van der Waals surface area contributed by atoms with Crippen molar-refractivity contribution < 1.29 is 9.59 Å². The maximum absolute atomic E-state index is 11.6. The molecule has 2 amide bonds. The van der Waals surface area contributed by atoms with Crippen molar-refractivity contribution >= 4 is 11.8 Å². The third-order valence-electron chi connectivity index (χ3n) is 2.74. The fraction of sp³-hybridized carbons (Fsp3) is 0.833. The molecule has 0 aromatic carbocycles. The van der Waals surface area contributed by atoms with Crippen LogP contribution in [0.25, 0.3) is 0 Å². The maximum Gasteiger partial charge on any atom is 0.222 e. The predicted molar refractivity (Wildman–Crippen MR) is 64.9 cm³/mol. The molecule has 0 saturated heterocycles. The molecule has 16 heavy (non-hydrogen) atoms. The first-order valence-electron chi connectivity index (χ1n) is 6.06. The normalized spacial score (nSPS) is 14.0. The van der Waals surface area contributed by atoms with Gasteiger partial charge in [0.1, 0.15) is 0 Å². The van der Waals surface area contributed by atoms with Gasteiger partial charge in [0.25, 0.3) is 0 Å². The van der Waals surface area contributed by atoms with E-state index in [4.69, 9.17) is 0 Å². The van der Waals surface area contributed by atoms with Crippen molar-refractivity contribution in [2.24, 2.45) is 11.8 Å². The van der Waals surface area contributed by atoms with Gasteiger partial charge >= 0.3 is 0 Å². The van der Waals surface area contributed by atoms with Crippen LogP contribution in [-0.4, -0.2) is 25.4 Å². The zero-order valence-electron chi connectivity index (χ0n) is 10.8. The average molecular weight is 228 g/mol. The topological polar surface area (TPSA) is 58.2 Å². The summed E-state index contributed by atoms with van der Waals surface area (Å²) in [7, 11) is 1.63. The second-order valence-corrected chi connectivity index (χ2v) is 4.15. The fourth-order valence-corrected chi connectivity index (χ4v) is 1.62. The SMILES string of the molecule is CCCNC(=O)C(C)CC(CC)C(=O)NC. The Morgan fingerprint density at radius 1 is 1.19 bits per heavy atom. The number of hydrogen-bond acceptors (Lipinski definition) is 2. The highest BCUT2D eigenvalue weighted by Gasteiger charge is 2.21. The second kappa shape index (κ2) is 8.13. The smallest absolute Gasteiger partial charge is 0.222 e. The summed E-state index contributed by atoms with van der Waals surface area (Å²) >= 11 is 0. The van der Waals surface area contributed by atoms with Gasteiger partial charge in [0.15, 0.2) is 0 Å². The zero-order chi connectivity index (χ0) is 12.6.